The number of esters is 2. The van der Waals surface area contributed by atoms with E-state index in [-0.39, 0.29) is 11.1 Å². The molecule has 0 aromatic heterocycles. The Morgan fingerprint density at radius 1 is 0.811 bits per heavy atom. The predicted octanol–water partition coefficient (Wildman–Crippen LogP) is 3.52. The van der Waals surface area contributed by atoms with Crippen LogP contribution in [0.25, 0.3) is 0 Å². The molecule has 0 saturated carbocycles. The predicted molar refractivity (Wildman–Crippen MR) is 134 cm³/mol. The van der Waals surface area contributed by atoms with Crippen molar-refractivity contribution in [1.29, 1.82) is 0 Å². The van der Waals surface area contributed by atoms with Crippen molar-refractivity contribution >= 4 is 35.4 Å². The summed E-state index contributed by atoms with van der Waals surface area (Å²) in [6.07, 6.45) is 0. The van der Waals surface area contributed by atoms with Crippen LogP contribution in [0.5, 0.6) is 0 Å². The van der Waals surface area contributed by atoms with Gasteiger partial charge >= 0.3 is 11.9 Å². The zero-order valence-corrected chi connectivity index (χ0v) is 20.8. The number of nitrogens with zero attached hydrogens (tertiary/aromatic N) is 1. The Morgan fingerprint density at radius 2 is 1.38 bits per heavy atom. The number of fused-ring (bicyclic) bond motifs is 1. The molecule has 1 saturated heterocycles. The second kappa shape index (κ2) is 9.46. The highest BCUT2D eigenvalue weighted by Crippen LogP contribution is 2.53. The van der Waals surface area contributed by atoms with Gasteiger partial charge in [0.1, 0.15) is 6.04 Å². The number of rotatable bonds is 5. The quantitative estimate of drug-likeness (QED) is 0.407. The summed E-state index contributed by atoms with van der Waals surface area (Å²) >= 11 is 6.13. The summed E-state index contributed by atoms with van der Waals surface area (Å²) in [5.41, 5.74) is -0.587. The summed E-state index contributed by atoms with van der Waals surface area (Å²) in [6.45, 7) is 0. The van der Waals surface area contributed by atoms with E-state index in [1.165, 1.54) is 26.4 Å². The number of methoxy groups -OCH3 is 2. The third-order valence-electron chi connectivity index (χ3n) is 7.09. The molecule has 188 valence electrons. The van der Waals surface area contributed by atoms with Crippen LogP contribution in [0.2, 0.25) is 5.02 Å². The van der Waals surface area contributed by atoms with Crippen LogP contribution in [0, 0.1) is 0 Å². The number of benzene rings is 3. The maximum Gasteiger partial charge on any atom is 0.335 e. The number of ether oxygens (including phenoxy) is 2. The number of carbonyl (C=O) groups excluding carboxylic acids is 4. The average molecular weight is 519 g/mol. The number of hydrogen-bond donors (Lipinski definition) is 1. The standard InChI is InChI=1S/C28H23ClN2O6/c1-36-26(34)22-21(16-8-4-3-5-9-16)28(27(35)37-2,23(30-22)17-12-14-18(29)15-13-17)31-24(32)19-10-6-7-11-20(19)25(31)33/h3-15,21-23,30H,1-2H3/t21-,22+,23+,28-/m0/s1. The summed E-state index contributed by atoms with van der Waals surface area (Å²) in [7, 11) is 2.43. The molecule has 9 heteroatoms. The summed E-state index contributed by atoms with van der Waals surface area (Å²) in [4.78, 5) is 56.0. The Kier molecular flexibility index (Phi) is 6.31. The molecule has 37 heavy (non-hydrogen) atoms. The molecule has 2 aliphatic rings. The van der Waals surface area contributed by atoms with E-state index >= 15 is 0 Å². The molecule has 3 aromatic rings. The lowest BCUT2D eigenvalue weighted by atomic mass is 9.72. The second-order valence-corrected chi connectivity index (χ2v) is 9.29. The van der Waals surface area contributed by atoms with Crippen LogP contribution in [-0.4, -0.2) is 54.5 Å². The molecule has 1 N–H and O–H groups in total. The third-order valence-corrected chi connectivity index (χ3v) is 7.34. The molecular weight excluding hydrogens is 496 g/mol. The van der Waals surface area contributed by atoms with Crippen molar-refractivity contribution < 1.29 is 28.7 Å². The molecule has 0 unspecified atom stereocenters. The van der Waals surface area contributed by atoms with Gasteiger partial charge in [-0.2, -0.15) is 0 Å². The van der Waals surface area contributed by atoms with Crippen molar-refractivity contribution in [2.24, 2.45) is 0 Å². The SMILES string of the molecule is COC(=O)[C@@H]1N[C@H](c2ccc(Cl)cc2)[C@@](C(=O)OC)(N2C(=O)c3ccccc3C2=O)[C@H]1c1ccccc1. The molecular formula is C28H23ClN2O6. The van der Waals surface area contributed by atoms with E-state index in [9.17, 15) is 19.2 Å². The first-order valence-electron chi connectivity index (χ1n) is 11.6. The zero-order valence-electron chi connectivity index (χ0n) is 20.0. The van der Waals surface area contributed by atoms with Crippen molar-refractivity contribution in [3.05, 3.63) is 106 Å². The minimum Gasteiger partial charge on any atom is -0.468 e. The first-order chi connectivity index (χ1) is 17.9. The van der Waals surface area contributed by atoms with Crippen molar-refractivity contribution in [2.75, 3.05) is 14.2 Å². The molecule has 1 fully saturated rings. The second-order valence-electron chi connectivity index (χ2n) is 8.85. The maximum atomic E-state index is 14.1. The fraction of sp³-hybridized carbons (Fsp3) is 0.214. The van der Waals surface area contributed by atoms with Crippen molar-refractivity contribution in [1.82, 2.24) is 10.2 Å². The van der Waals surface area contributed by atoms with E-state index in [0.29, 0.717) is 16.1 Å². The molecule has 3 aromatic carbocycles. The summed E-state index contributed by atoms with van der Waals surface area (Å²) in [5, 5.41) is 3.67. The Morgan fingerprint density at radius 3 is 1.92 bits per heavy atom. The van der Waals surface area contributed by atoms with E-state index in [2.05, 4.69) is 5.32 Å². The largest absolute Gasteiger partial charge is 0.468 e. The lowest BCUT2D eigenvalue weighted by Crippen LogP contribution is -2.63. The molecule has 4 atom stereocenters. The Bertz CT molecular complexity index is 1360. The van der Waals surface area contributed by atoms with Gasteiger partial charge in [0.25, 0.3) is 11.8 Å². The zero-order chi connectivity index (χ0) is 26.3. The van der Waals surface area contributed by atoms with Crippen LogP contribution in [0.3, 0.4) is 0 Å². The number of halogens is 1. The molecule has 0 aliphatic carbocycles. The van der Waals surface area contributed by atoms with Crippen LogP contribution in [0.1, 0.15) is 43.8 Å². The van der Waals surface area contributed by atoms with Crippen LogP contribution in [-0.2, 0) is 19.1 Å². The minimum atomic E-state index is -1.99. The Labute approximate surface area is 218 Å². The molecule has 8 nitrogen and oxygen atoms in total. The smallest absolute Gasteiger partial charge is 0.335 e. The fourth-order valence-electron chi connectivity index (χ4n) is 5.57. The first kappa shape index (κ1) is 24.7. The summed E-state index contributed by atoms with van der Waals surface area (Å²) in [6, 6.07) is 19.6. The van der Waals surface area contributed by atoms with Gasteiger partial charge < -0.3 is 9.47 Å². The monoisotopic (exact) mass is 518 g/mol. The van der Waals surface area contributed by atoms with E-state index in [1.54, 1.807) is 66.7 Å². The van der Waals surface area contributed by atoms with E-state index < -0.39 is 47.3 Å². The molecule has 2 heterocycles. The third kappa shape index (κ3) is 3.63. The molecule has 0 radical (unpaired) electrons. The highest BCUT2D eigenvalue weighted by Gasteiger charge is 2.70. The van der Waals surface area contributed by atoms with E-state index in [4.69, 9.17) is 21.1 Å². The van der Waals surface area contributed by atoms with Gasteiger partial charge in [-0.05, 0) is 35.4 Å². The highest BCUT2D eigenvalue weighted by molar-refractivity contribution is 6.30. The number of imide groups is 1. The van der Waals surface area contributed by atoms with Crippen molar-refractivity contribution in [2.45, 2.75) is 23.5 Å². The van der Waals surface area contributed by atoms with Gasteiger partial charge in [-0.3, -0.25) is 24.6 Å². The molecule has 5 rings (SSSR count). The lowest BCUT2D eigenvalue weighted by Gasteiger charge is -2.43. The highest BCUT2D eigenvalue weighted by atomic mass is 35.5. The van der Waals surface area contributed by atoms with Gasteiger partial charge in [-0.15, -0.1) is 0 Å². The van der Waals surface area contributed by atoms with Crippen LogP contribution in [0.15, 0.2) is 78.9 Å². The van der Waals surface area contributed by atoms with Gasteiger partial charge in [0, 0.05) is 10.9 Å². The van der Waals surface area contributed by atoms with E-state index in [0.717, 1.165) is 4.90 Å². The molecule has 2 amide bonds. The molecule has 0 bridgehead atoms. The number of amides is 2. The summed E-state index contributed by atoms with van der Waals surface area (Å²) in [5.74, 6) is -3.86. The van der Waals surface area contributed by atoms with Gasteiger partial charge in [0.15, 0.2) is 5.54 Å². The fourth-order valence-corrected chi connectivity index (χ4v) is 5.70. The number of nitrogens with one attached hydrogen (secondary N) is 1. The topological polar surface area (TPSA) is 102 Å². The van der Waals surface area contributed by atoms with Gasteiger partial charge in [-0.1, -0.05) is 66.2 Å². The van der Waals surface area contributed by atoms with Crippen LogP contribution in [0.4, 0.5) is 0 Å². The number of hydrogen-bond acceptors (Lipinski definition) is 7. The average Bonchev–Trinajstić information content (AvgIpc) is 3.41. The van der Waals surface area contributed by atoms with Gasteiger partial charge in [-0.25, -0.2) is 4.79 Å². The van der Waals surface area contributed by atoms with Crippen molar-refractivity contribution in [3.63, 3.8) is 0 Å². The van der Waals surface area contributed by atoms with Crippen LogP contribution >= 0.6 is 11.6 Å². The first-order valence-corrected chi connectivity index (χ1v) is 11.9. The Hall–Kier alpha value is -4.01. The molecule has 2 aliphatic heterocycles. The Balaban J connectivity index is 1.85. The normalized spacial score (nSPS) is 24.6. The van der Waals surface area contributed by atoms with Gasteiger partial charge in [0.05, 0.1) is 31.4 Å². The summed E-state index contributed by atoms with van der Waals surface area (Å²) < 4.78 is 10.4. The maximum absolute atomic E-state index is 14.1. The van der Waals surface area contributed by atoms with Crippen LogP contribution < -0.4 is 5.32 Å². The van der Waals surface area contributed by atoms with E-state index in [1.807, 2.05) is 0 Å². The lowest BCUT2D eigenvalue weighted by molar-refractivity contribution is -0.154. The minimum absolute atomic E-state index is 0.166. The van der Waals surface area contributed by atoms with Gasteiger partial charge in [0.2, 0.25) is 0 Å². The van der Waals surface area contributed by atoms with Crippen molar-refractivity contribution in [3.8, 4) is 0 Å². The molecule has 0 spiro atoms. The number of carbonyl (C=O) groups is 4.